The first-order valence-corrected chi connectivity index (χ1v) is 4.69. The number of benzene rings is 1. The number of fused-ring (bicyclic) bond motifs is 1. The highest BCUT2D eigenvalue weighted by Gasteiger charge is 2.13. The van der Waals surface area contributed by atoms with Crippen molar-refractivity contribution in [1.82, 2.24) is 0 Å². The molecular formula is C12H14O. The third kappa shape index (κ3) is 1.46. The van der Waals surface area contributed by atoms with Crippen LogP contribution in [0.2, 0.25) is 0 Å². The fraction of sp³-hybridized carbons (Fsp3) is 0.333. The molecule has 0 fully saturated rings. The van der Waals surface area contributed by atoms with Gasteiger partial charge in [0.1, 0.15) is 5.75 Å². The second-order valence-corrected chi connectivity index (χ2v) is 3.51. The molecule has 0 amide bonds. The molecular weight excluding hydrogens is 160 g/mol. The number of ether oxygens (including phenoxy) is 1. The van der Waals surface area contributed by atoms with Gasteiger partial charge in [0.25, 0.3) is 0 Å². The molecule has 0 aliphatic carbocycles. The van der Waals surface area contributed by atoms with Gasteiger partial charge >= 0.3 is 0 Å². The second-order valence-electron chi connectivity index (χ2n) is 3.51. The van der Waals surface area contributed by atoms with Gasteiger partial charge in [-0.25, -0.2) is 0 Å². The Morgan fingerprint density at radius 3 is 3.08 bits per heavy atom. The van der Waals surface area contributed by atoms with E-state index in [9.17, 15) is 0 Å². The highest BCUT2D eigenvalue weighted by Crippen LogP contribution is 2.30. The Balaban J connectivity index is 2.52. The Hall–Kier alpha value is -1.24. The molecule has 68 valence electrons. The molecule has 0 aromatic heterocycles. The van der Waals surface area contributed by atoms with Crippen molar-refractivity contribution in [2.75, 3.05) is 6.61 Å². The molecule has 1 aliphatic heterocycles. The summed E-state index contributed by atoms with van der Waals surface area (Å²) in [6.07, 6.45) is 2.25. The van der Waals surface area contributed by atoms with E-state index in [2.05, 4.69) is 12.6 Å². The molecule has 1 aromatic carbocycles. The zero-order valence-corrected chi connectivity index (χ0v) is 7.97. The second kappa shape index (κ2) is 3.25. The van der Waals surface area contributed by atoms with Crippen molar-refractivity contribution >= 4 is 5.57 Å². The van der Waals surface area contributed by atoms with Gasteiger partial charge in [0.2, 0.25) is 0 Å². The van der Waals surface area contributed by atoms with Crippen LogP contribution in [0.25, 0.3) is 5.57 Å². The van der Waals surface area contributed by atoms with E-state index >= 15 is 0 Å². The quantitative estimate of drug-likeness (QED) is 0.635. The smallest absolute Gasteiger partial charge is 0.123 e. The molecule has 1 heterocycles. The standard InChI is InChI=1S/C12H14O/c1-9(2)10-5-3-7-12-11(10)6-4-8-13-12/h3,5,7H,1,4,6,8H2,2H3. The topological polar surface area (TPSA) is 9.23 Å². The lowest BCUT2D eigenvalue weighted by Gasteiger charge is -2.20. The van der Waals surface area contributed by atoms with Crippen LogP contribution in [0.5, 0.6) is 5.75 Å². The molecule has 0 atom stereocenters. The van der Waals surface area contributed by atoms with E-state index in [0.29, 0.717) is 0 Å². The van der Waals surface area contributed by atoms with Gasteiger partial charge in [-0.05, 0) is 31.4 Å². The average molecular weight is 174 g/mol. The van der Waals surface area contributed by atoms with Crippen molar-refractivity contribution in [3.63, 3.8) is 0 Å². The Kier molecular flexibility index (Phi) is 2.09. The Morgan fingerprint density at radius 2 is 2.31 bits per heavy atom. The van der Waals surface area contributed by atoms with E-state index < -0.39 is 0 Å². The molecule has 0 spiro atoms. The molecule has 1 nitrogen and oxygen atoms in total. The lowest BCUT2D eigenvalue weighted by Crippen LogP contribution is -2.09. The summed E-state index contributed by atoms with van der Waals surface area (Å²) in [7, 11) is 0. The van der Waals surface area contributed by atoms with Crippen LogP contribution in [-0.2, 0) is 6.42 Å². The fourth-order valence-electron chi connectivity index (χ4n) is 1.79. The van der Waals surface area contributed by atoms with Crippen molar-refractivity contribution < 1.29 is 4.74 Å². The van der Waals surface area contributed by atoms with Crippen molar-refractivity contribution in [3.05, 3.63) is 35.9 Å². The minimum absolute atomic E-state index is 0.854. The summed E-state index contributed by atoms with van der Waals surface area (Å²) in [5.41, 5.74) is 3.72. The molecule has 1 aliphatic rings. The van der Waals surface area contributed by atoms with E-state index in [0.717, 1.165) is 30.8 Å². The maximum absolute atomic E-state index is 5.57. The molecule has 0 saturated carbocycles. The zero-order valence-electron chi connectivity index (χ0n) is 7.97. The first kappa shape index (κ1) is 8.36. The number of hydrogen-bond donors (Lipinski definition) is 0. The molecule has 0 unspecified atom stereocenters. The Morgan fingerprint density at radius 1 is 1.46 bits per heavy atom. The normalized spacial score (nSPS) is 14.5. The molecule has 0 N–H and O–H groups in total. The van der Waals surface area contributed by atoms with Crippen LogP contribution in [0.3, 0.4) is 0 Å². The summed E-state index contributed by atoms with van der Waals surface area (Å²) in [6, 6.07) is 6.20. The lowest BCUT2D eigenvalue weighted by atomic mass is 9.96. The van der Waals surface area contributed by atoms with Crippen molar-refractivity contribution in [2.45, 2.75) is 19.8 Å². The molecule has 2 rings (SSSR count). The maximum Gasteiger partial charge on any atom is 0.123 e. The van der Waals surface area contributed by atoms with Gasteiger partial charge in [-0.15, -0.1) is 0 Å². The predicted molar refractivity (Wildman–Crippen MR) is 55.0 cm³/mol. The summed E-state index contributed by atoms with van der Waals surface area (Å²) in [4.78, 5) is 0. The van der Waals surface area contributed by atoms with Gasteiger partial charge in [0.05, 0.1) is 6.61 Å². The van der Waals surface area contributed by atoms with Crippen LogP contribution < -0.4 is 4.74 Å². The SMILES string of the molecule is C=C(C)c1cccc2c1CCCO2. The first-order chi connectivity index (χ1) is 6.29. The van der Waals surface area contributed by atoms with Crippen LogP contribution in [0.15, 0.2) is 24.8 Å². The van der Waals surface area contributed by atoms with E-state index in [1.807, 2.05) is 19.1 Å². The summed E-state index contributed by atoms with van der Waals surface area (Å²) in [5, 5.41) is 0. The van der Waals surface area contributed by atoms with Crippen LogP contribution >= 0.6 is 0 Å². The molecule has 1 aromatic rings. The number of allylic oxidation sites excluding steroid dienone is 1. The van der Waals surface area contributed by atoms with Crippen LogP contribution in [0, 0.1) is 0 Å². The van der Waals surface area contributed by atoms with Gasteiger partial charge in [0.15, 0.2) is 0 Å². The zero-order chi connectivity index (χ0) is 9.26. The lowest BCUT2D eigenvalue weighted by molar-refractivity contribution is 0.288. The highest BCUT2D eigenvalue weighted by atomic mass is 16.5. The van der Waals surface area contributed by atoms with Gasteiger partial charge in [0, 0.05) is 5.56 Å². The van der Waals surface area contributed by atoms with Crippen LogP contribution in [0.1, 0.15) is 24.5 Å². The van der Waals surface area contributed by atoms with Crippen molar-refractivity contribution in [1.29, 1.82) is 0 Å². The van der Waals surface area contributed by atoms with E-state index in [-0.39, 0.29) is 0 Å². The number of rotatable bonds is 1. The largest absolute Gasteiger partial charge is 0.493 e. The molecule has 0 saturated heterocycles. The molecule has 1 heteroatoms. The van der Waals surface area contributed by atoms with Gasteiger partial charge in [-0.3, -0.25) is 0 Å². The summed E-state index contributed by atoms with van der Waals surface area (Å²) in [6.45, 7) is 6.88. The Labute approximate surface area is 79.0 Å². The molecule has 0 bridgehead atoms. The van der Waals surface area contributed by atoms with E-state index in [1.165, 1.54) is 11.1 Å². The summed E-state index contributed by atoms with van der Waals surface area (Å²) in [5.74, 6) is 1.05. The minimum atomic E-state index is 0.854. The van der Waals surface area contributed by atoms with Gasteiger partial charge in [-0.1, -0.05) is 24.3 Å². The van der Waals surface area contributed by atoms with Crippen molar-refractivity contribution in [3.8, 4) is 5.75 Å². The van der Waals surface area contributed by atoms with Crippen molar-refractivity contribution in [2.24, 2.45) is 0 Å². The highest BCUT2D eigenvalue weighted by molar-refractivity contribution is 5.67. The van der Waals surface area contributed by atoms with E-state index in [4.69, 9.17) is 4.74 Å². The van der Waals surface area contributed by atoms with Gasteiger partial charge in [-0.2, -0.15) is 0 Å². The maximum atomic E-state index is 5.57. The van der Waals surface area contributed by atoms with E-state index in [1.54, 1.807) is 0 Å². The van der Waals surface area contributed by atoms with Crippen LogP contribution in [0.4, 0.5) is 0 Å². The average Bonchev–Trinajstić information content (AvgIpc) is 2.17. The molecule has 0 radical (unpaired) electrons. The van der Waals surface area contributed by atoms with Crippen LogP contribution in [-0.4, -0.2) is 6.61 Å². The number of hydrogen-bond acceptors (Lipinski definition) is 1. The first-order valence-electron chi connectivity index (χ1n) is 4.69. The molecule has 13 heavy (non-hydrogen) atoms. The predicted octanol–water partition coefficient (Wildman–Crippen LogP) is 3.04. The monoisotopic (exact) mass is 174 g/mol. The fourth-order valence-corrected chi connectivity index (χ4v) is 1.79. The van der Waals surface area contributed by atoms with Gasteiger partial charge < -0.3 is 4.74 Å². The third-order valence-electron chi connectivity index (χ3n) is 2.42. The third-order valence-corrected chi connectivity index (χ3v) is 2.42. The Bertz CT molecular complexity index is 339. The minimum Gasteiger partial charge on any atom is -0.493 e. The summed E-state index contributed by atoms with van der Waals surface area (Å²) >= 11 is 0. The summed E-state index contributed by atoms with van der Waals surface area (Å²) < 4.78 is 5.57.